The van der Waals surface area contributed by atoms with E-state index in [1.54, 1.807) is 0 Å². The van der Waals surface area contributed by atoms with Crippen LogP contribution in [0.2, 0.25) is 0 Å². The average molecular weight is 267 g/mol. The Labute approximate surface area is 87.2 Å². The van der Waals surface area contributed by atoms with Crippen LogP contribution in [0, 0.1) is 0 Å². The number of rotatable bonds is 2. The Morgan fingerprint density at radius 1 is 1.29 bits per heavy atom. The number of methoxy groups -OCH3 is 1. The molecule has 0 fully saturated rings. The summed E-state index contributed by atoms with van der Waals surface area (Å²) in [7, 11) is 1.32. The molecule has 14 heavy (non-hydrogen) atoms. The second-order valence-corrected chi connectivity index (χ2v) is 3.31. The van der Waals surface area contributed by atoms with Gasteiger partial charge in [0.15, 0.2) is 0 Å². The second-order valence-electron chi connectivity index (χ2n) is 2.53. The van der Waals surface area contributed by atoms with Crippen molar-refractivity contribution in [3.05, 3.63) is 35.4 Å². The molecule has 0 aliphatic heterocycles. The van der Waals surface area contributed by atoms with Gasteiger partial charge in [-0.2, -0.15) is 0 Å². The van der Waals surface area contributed by atoms with Crippen LogP contribution in [-0.4, -0.2) is 27.3 Å². The van der Waals surface area contributed by atoms with Gasteiger partial charge in [0.25, 0.3) is 0 Å². The molecule has 0 saturated carbocycles. The van der Waals surface area contributed by atoms with Crippen molar-refractivity contribution in [2.45, 2.75) is 6.18 Å². The van der Waals surface area contributed by atoms with Crippen molar-refractivity contribution in [1.29, 1.82) is 0 Å². The Kier molecular flexibility index (Phi) is 3.34. The van der Waals surface area contributed by atoms with Gasteiger partial charge in [0.1, 0.15) is 0 Å². The van der Waals surface area contributed by atoms with Crippen LogP contribution in [0.25, 0.3) is 0 Å². The molecule has 0 spiro atoms. The van der Waals surface area contributed by atoms with Gasteiger partial charge in [0.05, 0.1) is 0 Å². The summed E-state index contributed by atoms with van der Waals surface area (Å²) in [6.45, 7) is 0. The minimum absolute atomic E-state index is 0.0301. The average Bonchev–Trinajstić information content (AvgIpc) is 2.15. The van der Waals surface area contributed by atoms with E-state index in [2.05, 4.69) is 15.6 Å². The van der Waals surface area contributed by atoms with E-state index >= 15 is 0 Å². The van der Waals surface area contributed by atoms with E-state index in [-0.39, 0.29) is 10.2 Å². The Bertz CT molecular complexity index is 346. The van der Waals surface area contributed by atoms with Gasteiger partial charge in [-0.25, -0.2) is 0 Å². The molecule has 1 rings (SSSR count). The third-order valence-corrected chi connectivity index (χ3v) is 2.45. The van der Waals surface area contributed by atoms with E-state index in [0.717, 1.165) is 6.07 Å². The normalized spacial score (nSPS) is 11.1. The summed E-state index contributed by atoms with van der Waals surface area (Å²) in [5.74, 6) is 0. The quantitative estimate of drug-likeness (QED) is 0.745. The summed E-state index contributed by atoms with van der Waals surface area (Å²) in [4.78, 5) is 0. The first-order chi connectivity index (χ1) is 6.46. The molecule has 0 bridgehead atoms. The van der Waals surface area contributed by atoms with Crippen molar-refractivity contribution in [3.63, 3.8) is 0 Å². The summed E-state index contributed by atoms with van der Waals surface area (Å²) in [6.07, 6.45) is -4.36. The Hall–Kier alpha value is -0.801. The van der Waals surface area contributed by atoms with E-state index in [9.17, 15) is 13.2 Å². The monoisotopic (exact) mass is 268 g/mol. The van der Waals surface area contributed by atoms with Crippen LogP contribution in [-0.2, 0) is 10.9 Å². The third kappa shape index (κ3) is 2.36. The molecule has 0 aliphatic carbocycles. The first-order valence-electron chi connectivity index (χ1n) is 3.71. The molecule has 0 radical (unpaired) electrons. The Balaban J connectivity index is 3.23. The predicted octanol–water partition coefficient (Wildman–Crippen LogP) is 2.00. The van der Waals surface area contributed by atoms with Crippen LogP contribution in [0.15, 0.2) is 24.3 Å². The molecular formula is C9H7F3OSe. The van der Waals surface area contributed by atoms with E-state index in [0.29, 0.717) is 0 Å². The summed E-state index contributed by atoms with van der Waals surface area (Å²) in [6, 6.07) is 5.25. The molecule has 0 amide bonds. The zero-order valence-electron chi connectivity index (χ0n) is 7.26. The Morgan fingerprint density at radius 2 is 1.86 bits per heavy atom. The molecule has 1 aromatic carbocycles. The van der Waals surface area contributed by atoms with E-state index in [1.165, 1.54) is 25.3 Å². The maximum absolute atomic E-state index is 12.5. The van der Waals surface area contributed by atoms with Crippen molar-refractivity contribution >= 4 is 20.2 Å². The number of alkyl halides is 3. The van der Waals surface area contributed by atoms with Crippen LogP contribution in [0.3, 0.4) is 0 Å². The molecule has 1 aromatic rings. The van der Waals surface area contributed by atoms with Crippen molar-refractivity contribution in [2.75, 3.05) is 7.11 Å². The number of benzene rings is 1. The molecule has 1 nitrogen and oxygen atoms in total. The fourth-order valence-corrected chi connectivity index (χ4v) is 1.39. The van der Waals surface area contributed by atoms with Crippen molar-refractivity contribution < 1.29 is 17.9 Å². The standard InChI is InChI=1S/C9H7F3OSe/c1-13-8(14)6-4-2-3-5-7(6)9(10,11)12/h2-5H,1H3. The summed E-state index contributed by atoms with van der Waals surface area (Å²) >= 11 is 2.45. The van der Waals surface area contributed by atoms with E-state index in [1.807, 2.05) is 0 Å². The van der Waals surface area contributed by atoms with Gasteiger partial charge in [0, 0.05) is 0 Å². The molecule has 5 heteroatoms. The fraction of sp³-hybridized carbons (Fsp3) is 0.222. The SMILES string of the molecule is COC(=[Se])c1ccccc1C(F)(F)F. The summed E-state index contributed by atoms with van der Waals surface area (Å²) < 4.78 is 42.3. The number of hydrogen-bond donors (Lipinski definition) is 0. The topological polar surface area (TPSA) is 9.23 Å². The number of halogens is 3. The second kappa shape index (κ2) is 4.15. The minimum atomic E-state index is -4.36. The zero-order valence-corrected chi connectivity index (χ0v) is 8.97. The molecule has 76 valence electrons. The maximum atomic E-state index is 12.5. The number of ether oxygens (including phenoxy) is 1. The summed E-state index contributed by atoms with van der Waals surface area (Å²) in [5.41, 5.74) is -0.668. The molecule has 0 atom stereocenters. The van der Waals surface area contributed by atoms with Crippen LogP contribution in [0.5, 0.6) is 0 Å². The molecule has 0 aromatic heterocycles. The molecule has 0 heterocycles. The van der Waals surface area contributed by atoms with Crippen LogP contribution in [0.4, 0.5) is 13.2 Å². The van der Waals surface area contributed by atoms with Gasteiger partial charge in [-0.3, -0.25) is 0 Å². The van der Waals surface area contributed by atoms with Crippen molar-refractivity contribution in [1.82, 2.24) is 0 Å². The molecule has 0 aliphatic rings. The first kappa shape index (κ1) is 11.3. The van der Waals surface area contributed by atoms with Gasteiger partial charge in [-0.15, -0.1) is 0 Å². The van der Waals surface area contributed by atoms with Crippen LogP contribution < -0.4 is 0 Å². The van der Waals surface area contributed by atoms with Crippen LogP contribution in [0.1, 0.15) is 11.1 Å². The van der Waals surface area contributed by atoms with Crippen molar-refractivity contribution in [2.24, 2.45) is 0 Å². The molecular weight excluding hydrogens is 260 g/mol. The number of hydrogen-bond acceptors (Lipinski definition) is 1. The van der Waals surface area contributed by atoms with Gasteiger partial charge < -0.3 is 0 Å². The first-order valence-corrected chi connectivity index (χ1v) is 4.57. The molecule has 0 N–H and O–H groups in total. The van der Waals surface area contributed by atoms with E-state index in [4.69, 9.17) is 4.74 Å². The fourth-order valence-electron chi connectivity index (χ4n) is 1.02. The van der Waals surface area contributed by atoms with Gasteiger partial charge >= 0.3 is 86.8 Å². The van der Waals surface area contributed by atoms with E-state index < -0.39 is 11.7 Å². The third-order valence-electron chi connectivity index (χ3n) is 1.64. The van der Waals surface area contributed by atoms with Gasteiger partial charge in [0.2, 0.25) is 0 Å². The van der Waals surface area contributed by atoms with Crippen molar-refractivity contribution in [3.8, 4) is 0 Å². The summed E-state index contributed by atoms with van der Waals surface area (Å²) in [5, 5.41) is 0. The van der Waals surface area contributed by atoms with Crippen LogP contribution >= 0.6 is 0 Å². The predicted molar refractivity (Wildman–Crippen MR) is 48.3 cm³/mol. The zero-order chi connectivity index (χ0) is 10.8. The molecule has 0 saturated heterocycles. The Morgan fingerprint density at radius 3 is 2.36 bits per heavy atom. The molecule has 0 unspecified atom stereocenters. The van der Waals surface area contributed by atoms with Gasteiger partial charge in [-0.05, 0) is 0 Å². The van der Waals surface area contributed by atoms with Gasteiger partial charge in [-0.1, -0.05) is 0 Å².